The van der Waals surface area contributed by atoms with Crippen LogP contribution in [0.2, 0.25) is 0 Å². The first kappa shape index (κ1) is 26.7. The summed E-state index contributed by atoms with van der Waals surface area (Å²) in [6.45, 7) is 19.8. The summed E-state index contributed by atoms with van der Waals surface area (Å²) in [5.74, 6) is -1.30. The Hall–Kier alpha value is -1.27. The summed E-state index contributed by atoms with van der Waals surface area (Å²) in [5, 5.41) is 9.04. The Morgan fingerprint density at radius 1 is 0.821 bits per heavy atom. The molecule has 0 aliphatic rings. The molecule has 28 heavy (non-hydrogen) atoms. The molecule has 0 fully saturated rings. The third kappa shape index (κ3) is 7.63. The maximum absolute atomic E-state index is 13.1. The summed E-state index contributed by atoms with van der Waals surface area (Å²) in [6.07, 6.45) is -1.67. The fraction of sp³-hybridized carbons (Fsp3) is 0.864. The van der Waals surface area contributed by atoms with Crippen LogP contribution in [0.15, 0.2) is 0 Å². The van der Waals surface area contributed by atoms with E-state index in [-0.39, 0.29) is 24.4 Å². The van der Waals surface area contributed by atoms with Gasteiger partial charge < -0.3 is 14.6 Å². The molecule has 6 nitrogen and oxygen atoms in total. The molecule has 0 aromatic carbocycles. The molecule has 0 bridgehead atoms. The van der Waals surface area contributed by atoms with E-state index in [9.17, 15) is 14.4 Å². The lowest BCUT2D eigenvalue weighted by atomic mass is 9.71. The second-order valence-corrected chi connectivity index (χ2v) is 10.5. The zero-order valence-corrected chi connectivity index (χ0v) is 19.6. The Labute approximate surface area is 170 Å². The van der Waals surface area contributed by atoms with Gasteiger partial charge >= 0.3 is 5.97 Å². The maximum Gasteiger partial charge on any atom is 0.303 e. The lowest BCUT2D eigenvalue weighted by Crippen LogP contribution is -2.54. The predicted molar refractivity (Wildman–Crippen MR) is 109 cm³/mol. The van der Waals surface area contributed by atoms with Crippen molar-refractivity contribution in [2.75, 3.05) is 0 Å². The minimum absolute atomic E-state index is 0.0627. The van der Waals surface area contributed by atoms with Gasteiger partial charge in [0.15, 0.2) is 11.6 Å². The van der Waals surface area contributed by atoms with Crippen LogP contribution >= 0.6 is 0 Å². The fourth-order valence-corrected chi connectivity index (χ4v) is 2.87. The summed E-state index contributed by atoms with van der Waals surface area (Å²) in [7, 11) is 0. The van der Waals surface area contributed by atoms with E-state index < -0.39 is 40.2 Å². The smallest absolute Gasteiger partial charge is 0.303 e. The van der Waals surface area contributed by atoms with Gasteiger partial charge in [-0.25, -0.2) is 0 Å². The van der Waals surface area contributed by atoms with E-state index in [2.05, 4.69) is 0 Å². The monoisotopic (exact) mass is 400 g/mol. The van der Waals surface area contributed by atoms with Crippen molar-refractivity contribution >= 4 is 17.5 Å². The number of hydrogen-bond acceptors (Lipinski definition) is 5. The lowest BCUT2D eigenvalue weighted by Gasteiger charge is -2.44. The van der Waals surface area contributed by atoms with Crippen LogP contribution in [0.25, 0.3) is 0 Å². The Morgan fingerprint density at radius 3 is 1.64 bits per heavy atom. The SMILES string of the molecule is CC(OC(C)(C)C)C(=O)C(C)(C)C(C)(C)OC(CCC(=O)O)C(=O)C(C)(C)C. The molecule has 0 aliphatic carbocycles. The van der Waals surface area contributed by atoms with Crippen LogP contribution in [0.4, 0.5) is 0 Å². The van der Waals surface area contributed by atoms with Crippen LogP contribution in [-0.4, -0.2) is 46.1 Å². The summed E-state index contributed by atoms with van der Waals surface area (Å²) in [6, 6.07) is 0. The molecule has 0 aromatic rings. The number of carboxylic acids is 1. The zero-order chi connectivity index (χ0) is 22.7. The number of carbonyl (C=O) groups is 3. The number of aliphatic carboxylic acids is 1. The summed E-state index contributed by atoms with van der Waals surface area (Å²) < 4.78 is 12.0. The highest BCUT2D eigenvalue weighted by atomic mass is 16.5. The highest BCUT2D eigenvalue weighted by molar-refractivity contribution is 5.90. The summed E-state index contributed by atoms with van der Waals surface area (Å²) in [5.41, 5.74) is -3.13. The van der Waals surface area contributed by atoms with Crippen molar-refractivity contribution in [1.29, 1.82) is 0 Å². The van der Waals surface area contributed by atoms with E-state index in [0.29, 0.717) is 0 Å². The first-order chi connectivity index (χ1) is 12.2. The molecule has 0 aromatic heterocycles. The molecule has 2 unspecified atom stereocenters. The van der Waals surface area contributed by atoms with E-state index in [1.165, 1.54) is 0 Å². The van der Waals surface area contributed by atoms with Gasteiger partial charge in [0.25, 0.3) is 0 Å². The molecule has 6 heteroatoms. The molecule has 0 rings (SSSR count). The quantitative estimate of drug-likeness (QED) is 0.583. The first-order valence-electron chi connectivity index (χ1n) is 9.88. The Bertz CT molecular complexity index is 575. The van der Waals surface area contributed by atoms with Crippen LogP contribution in [0, 0.1) is 10.8 Å². The molecular weight excluding hydrogens is 360 g/mol. The maximum atomic E-state index is 13.1. The second-order valence-electron chi connectivity index (χ2n) is 10.5. The minimum atomic E-state index is -1.01. The average molecular weight is 401 g/mol. The number of ether oxygens (including phenoxy) is 2. The van der Waals surface area contributed by atoms with Crippen molar-refractivity contribution in [3.63, 3.8) is 0 Å². The van der Waals surface area contributed by atoms with Crippen LogP contribution in [0.5, 0.6) is 0 Å². The Morgan fingerprint density at radius 2 is 1.29 bits per heavy atom. The summed E-state index contributed by atoms with van der Waals surface area (Å²) >= 11 is 0. The molecule has 0 radical (unpaired) electrons. The van der Waals surface area contributed by atoms with Gasteiger partial charge in [0.1, 0.15) is 12.2 Å². The highest BCUT2D eigenvalue weighted by Crippen LogP contribution is 2.39. The van der Waals surface area contributed by atoms with E-state index in [1.54, 1.807) is 55.4 Å². The van der Waals surface area contributed by atoms with E-state index in [4.69, 9.17) is 14.6 Å². The molecular formula is C22H40O6. The Kier molecular flexibility index (Phi) is 8.63. The highest BCUT2D eigenvalue weighted by Gasteiger charge is 2.48. The predicted octanol–water partition coefficient (Wildman–Crippen LogP) is 4.43. The van der Waals surface area contributed by atoms with Crippen LogP contribution in [-0.2, 0) is 23.9 Å². The average Bonchev–Trinajstić information content (AvgIpc) is 2.46. The number of rotatable bonds is 10. The molecule has 0 spiro atoms. The molecule has 0 heterocycles. The Balaban J connectivity index is 5.66. The second kappa shape index (κ2) is 9.04. The third-order valence-electron chi connectivity index (χ3n) is 5.11. The summed E-state index contributed by atoms with van der Waals surface area (Å²) in [4.78, 5) is 37.0. The van der Waals surface area contributed by atoms with Gasteiger partial charge in [0, 0.05) is 11.8 Å². The molecule has 0 amide bonds. The lowest BCUT2D eigenvalue weighted by molar-refractivity contribution is -0.182. The van der Waals surface area contributed by atoms with E-state index >= 15 is 0 Å². The van der Waals surface area contributed by atoms with Crippen molar-refractivity contribution in [3.8, 4) is 0 Å². The van der Waals surface area contributed by atoms with Gasteiger partial charge in [0.05, 0.1) is 16.6 Å². The van der Waals surface area contributed by atoms with Gasteiger partial charge in [-0.1, -0.05) is 34.6 Å². The topological polar surface area (TPSA) is 89.9 Å². The fourth-order valence-electron chi connectivity index (χ4n) is 2.87. The van der Waals surface area contributed by atoms with Gasteiger partial charge in [-0.05, 0) is 48.0 Å². The molecule has 1 N–H and O–H groups in total. The van der Waals surface area contributed by atoms with Crippen LogP contribution in [0.1, 0.15) is 89.0 Å². The minimum Gasteiger partial charge on any atom is -0.481 e. The zero-order valence-electron chi connectivity index (χ0n) is 19.6. The third-order valence-corrected chi connectivity index (χ3v) is 5.11. The largest absolute Gasteiger partial charge is 0.481 e. The number of carbonyl (C=O) groups excluding carboxylic acids is 2. The number of Topliss-reactive ketones (excluding diaryl/α,β-unsaturated/α-hetero) is 2. The number of carboxylic acid groups (broad SMARTS) is 1. The number of hydrogen-bond donors (Lipinski definition) is 1. The molecule has 0 saturated heterocycles. The normalized spacial score (nSPS) is 15.8. The van der Waals surface area contributed by atoms with Crippen molar-refractivity contribution < 1.29 is 29.0 Å². The van der Waals surface area contributed by atoms with Crippen molar-refractivity contribution in [1.82, 2.24) is 0 Å². The van der Waals surface area contributed by atoms with Gasteiger partial charge in [0.2, 0.25) is 0 Å². The molecule has 2 atom stereocenters. The first-order valence-corrected chi connectivity index (χ1v) is 9.88. The van der Waals surface area contributed by atoms with Gasteiger partial charge in [-0.2, -0.15) is 0 Å². The van der Waals surface area contributed by atoms with Gasteiger partial charge in [-0.15, -0.1) is 0 Å². The van der Waals surface area contributed by atoms with E-state index in [0.717, 1.165) is 0 Å². The van der Waals surface area contributed by atoms with Crippen LogP contribution < -0.4 is 0 Å². The van der Waals surface area contributed by atoms with Crippen molar-refractivity contribution in [2.45, 2.75) is 112 Å². The van der Waals surface area contributed by atoms with Crippen LogP contribution in [0.3, 0.4) is 0 Å². The standard InChI is InChI=1S/C22H40O6/c1-14(27-20(5,6)7)17(25)21(8,9)22(10,11)28-15(12-13-16(23)24)18(26)19(2,3)4/h14-15H,12-13H2,1-11H3,(H,23,24). The van der Waals surface area contributed by atoms with Crippen molar-refractivity contribution in [2.24, 2.45) is 10.8 Å². The van der Waals surface area contributed by atoms with Crippen molar-refractivity contribution in [3.05, 3.63) is 0 Å². The molecule has 164 valence electrons. The van der Waals surface area contributed by atoms with E-state index in [1.807, 2.05) is 20.8 Å². The molecule has 0 saturated carbocycles. The van der Waals surface area contributed by atoms with Gasteiger partial charge in [-0.3, -0.25) is 14.4 Å². The number of ketones is 2. The molecule has 0 aliphatic heterocycles.